The molecule has 0 radical (unpaired) electrons. The summed E-state index contributed by atoms with van der Waals surface area (Å²) < 4.78 is 22.9. The molecule has 1 amide bonds. The average Bonchev–Trinajstić information content (AvgIpc) is 2.51. The molecule has 4 nitrogen and oxygen atoms in total. The molecular formula is C18H20ClNO3S. The zero-order chi connectivity index (χ0) is 17.9. The number of carbonyl (C=O) groups is 1. The van der Waals surface area contributed by atoms with E-state index in [4.69, 9.17) is 11.6 Å². The third kappa shape index (κ3) is 4.82. The Kier molecular flexibility index (Phi) is 5.67. The number of carbonyl (C=O) groups excluding carboxylic acids is 1. The summed E-state index contributed by atoms with van der Waals surface area (Å²) in [6, 6.07) is 13.9. The third-order valence-corrected chi connectivity index (χ3v) is 4.93. The second kappa shape index (κ2) is 7.36. The molecule has 24 heavy (non-hydrogen) atoms. The van der Waals surface area contributed by atoms with Crippen LogP contribution in [0, 0.1) is 0 Å². The minimum Gasteiger partial charge on any atom is -0.335 e. The highest BCUT2D eigenvalue weighted by molar-refractivity contribution is 7.89. The first kappa shape index (κ1) is 18.5. The number of sulfone groups is 1. The quantitative estimate of drug-likeness (QED) is 0.811. The maximum absolute atomic E-state index is 12.7. The highest BCUT2D eigenvalue weighted by Crippen LogP contribution is 2.23. The molecule has 0 fully saturated rings. The van der Waals surface area contributed by atoms with E-state index < -0.39 is 9.84 Å². The van der Waals surface area contributed by atoms with Gasteiger partial charge in [0.25, 0.3) is 5.91 Å². The molecule has 2 aromatic carbocycles. The fraction of sp³-hybridized carbons (Fsp3) is 0.278. The molecule has 1 atom stereocenters. The Morgan fingerprint density at radius 2 is 1.83 bits per heavy atom. The second-order valence-electron chi connectivity index (χ2n) is 5.92. The first-order chi connectivity index (χ1) is 11.2. The lowest BCUT2D eigenvalue weighted by molar-refractivity contribution is 0.0742. The number of rotatable bonds is 5. The molecule has 0 spiro atoms. The number of benzene rings is 2. The van der Waals surface area contributed by atoms with Crippen LogP contribution in [0.2, 0.25) is 5.02 Å². The van der Waals surface area contributed by atoms with Gasteiger partial charge in [0.2, 0.25) is 0 Å². The molecule has 0 aliphatic rings. The first-order valence-corrected chi connectivity index (χ1v) is 9.90. The molecule has 2 rings (SSSR count). The highest BCUT2D eigenvalue weighted by Gasteiger charge is 2.19. The van der Waals surface area contributed by atoms with Crippen molar-refractivity contribution in [1.82, 2.24) is 4.90 Å². The Morgan fingerprint density at radius 1 is 1.17 bits per heavy atom. The van der Waals surface area contributed by atoms with Crippen LogP contribution in [0.4, 0.5) is 0 Å². The van der Waals surface area contributed by atoms with E-state index >= 15 is 0 Å². The molecule has 2 aromatic rings. The molecule has 0 aromatic heterocycles. The maximum Gasteiger partial charge on any atom is 0.254 e. The van der Waals surface area contributed by atoms with Gasteiger partial charge in [-0.05, 0) is 42.3 Å². The summed E-state index contributed by atoms with van der Waals surface area (Å²) in [5.41, 5.74) is 2.00. The van der Waals surface area contributed by atoms with Gasteiger partial charge in [-0.25, -0.2) is 8.42 Å². The van der Waals surface area contributed by atoms with Gasteiger partial charge in [-0.15, -0.1) is 0 Å². The van der Waals surface area contributed by atoms with E-state index in [-0.39, 0.29) is 17.7 Å². The number of hydrogen-bond donors (Lipinski definition) is 0. The second-order valence-corrected chi connectivity index (χ2v) is 8.49. The average molecular weight is 366 g/mol. The summed E-state index contributed by atoms with van der Waals surface area (Å²) in [6.45, 7) is 1.92. The third-order valence-electron chi connectivity index (χ3n) is 3.84. The van der Waals surface area contributed by atoms with E-state index in [1.165, 1.54) is 6.26 Å². The Labute approximate surface area is 148 Å². The zero-order valence-corrected chi connectivity index (χ0v) is 15.4. The van der Waals surface area contributed by atoms with Crippen molar-refractivity contribution >= 4 is 27.3 Å². The van der Waals surface area contributed by atoms with Gasteiger partial charge in [0, 0.05) is 23.9 Å². The molecule has 0 N–H and O–H groups in total. The van der Waals surface area contributed by atoms with E-state index in [0.717, 1.165) is 5.56 Å². The topological polar surface area (TPSA) is 54.5 Å². The lowest BCUT2D eigenvalue weighted by Crippen LogP contribution is -2.29. The minimum atomic E-state index is -3.14. The van der Waals surface area contributed by atoms with Crippen LogP contribution < -0.4 is 0 Å². The van der Waals surface area contributed by atoms with Gasteiger partial charge >= 0.3 is 0 Å². The van der Waals surface area contributed by atoms with Gasteiger partial charge in [0.15, 0.2) is 9.84 Å². The summed E-state index contributed by atoms with van der Waals surface area (Å²) in [5.74, 6) is -0.250. The van der Waals surface area contributed by atoms with E-state index in [1.807, 2.05) is 25.1 Å². The van der Waals surface area contributed by atoms with Gasteiger partial charge in [0.05, 0.1) is 11.8 Å². The lowest BCUT2D eigenvalue weighted by Gasteiger charge is -2.25. The predicted molar refractivity (Wildman–Crippen MR) is 97.0 cm³/mol. The molecular weight excluding hydrogens is 346 g/mol. The van der Waals surface area contributed by atoms with Gasteiger partial charge in [0.1, 0.15) is 0 Å². The van der Waals surface area contributed by atoms with Crippen LogP contribution in [0.25, 0.3) is 0 Å². The van der Waals surface area contributed by atoms with Crippen molar-refractivity contribution in [2.45, 2.75) is 18.7 Å². The van der Waals surface area contributed by atoms with Crippen LogP contribution in [-0.2, 0) is 15.6 Å². The molecule has 0 aliphatic carbocycles. The summed E-state index contributed by atoms with van der Waals surface area (Å²) in [7, 11) is -1.42. The van der Waals surface area contributed by atoms with Crippen LogP contribution in [-0.4, -0.2) is 32.5 Å². The van der Waals surface area contributed by atoms with Crippen molar-refractivity contribution < 1.29 is 13.2 Å². The Morgan fingerprint density at radius 3 is 2.46 bits per heavy atom. The van der Waals surface area contributed by atoms with Crippen molar-refractivity contribution in [2.24, 2.45) is 0 Å². The van der Waals surface area contributed by atoms with Crippen LogP contribution in [0.1, 0.15) is 34.5 Å². The molecule has 0 saturated carbocycles. The molecule has 0 aliphatic heterocycles. The number of hydrogen-bond acceptors (Lipinski definition) is 3. The molecule has 0 heterocycles. The molecule has 0 bridgehead atoms. The van der Waals surface area contributed by atoms with Crippen molar-refractivity contribution in [2.75, 3.05) is 13.3 Å². The fourth-order valence-electron chi connectivity index (χ4n) is 2.47. The van der Waals surface area contributed by atoms with Crippen LogP contribution in [0.15, 0.2) is 48.5 Å². The Balaban J connectivity index is 2.23. The Bertz CT molecular complexity index is 849. The maximum atomic E-state index is 12.7. The summed E-state index contributed by atoms with van der Waals surface area (Å²) in [6.07, 6.45) is 1.18. The zero-order valence-electron chi connectivity index (χ0n) is 13.9. The normalized spacial score (nSPS) is 12.7. The molecule has 6 heteroatoms. The van der Waals surface area contributed by atoms with Crippen molar-refractivity contribution in [3.05, 3.63) is 70.2 Å². The SMILES string of the molecule is CC(c1cccc(Cl)c1)N(C)C(=O)c1cccc(CS(C)(=O)=O)c1. The minimum absolute atomic E-state index is 0.0817. The van der Waals surface area contributed by atoms with Crippen LogP contribution >= 0.6 is 11.6 Å². The smallest absolute Gasteiger partial charge is 0.254 e. The van der Waals surface area contributed by atoms with Crippen molar-refractivity contribution in [3.8, 4) is 0 Å². The molecule has 1 unspecified atom stereocenters. The molecule has 128 valence electrons. The van der Waals surface area contributed by atoms with Gasteiger partial charge in [-0.1, -0.05) is 35.9 Å². The van der Waals surface area contributed by atoms with E-state index in [0.29, 0.717) is 16.1 Å². The highest BCUT2D eigenvalue weighted by atomic mass is 35.5. The van der Waals surface area contributed by atoms with Crippen LogP contribution in [0.3, 0.4) is 0 Å². The summed E-state index contributed by atoms with van der Waals surface area (Å²) in [4.78, 5) is 14.3. The van der Waals surface area contributed by atoms with E-state index in [9.17, 15) is 13.2 Å². The number of amides is 1. The largest absolute Gasteiger partial charge is 0.335 e. The van der Waals surface area contributed by atoms with E-state index in [2.05, 4.69) is 0 Å². The van der Waals surface area contributed by atoms with Gasteiger partial charge < -0.3 is 4.90 Å². The first-order valence-electron chi connectivity index (χ1n) is 7.46. The van der Waals surface area contributed by atoms with Gasteiger partial charge in [-0.3, -0.25) is 4.79 Å². The monoisotopic (exact) mass is 365 g/mol. The van der Waals surface area contributed by atoms with E-state index in [1.54, 1.807) is 42.3 Å². The molecule has 0 saturated heterocycles. The van der Waals surface area contributed by atoms with Gasteiger partial charge in [-0.2, -0.15) is 0 Å². The predicted octanol–water partition coefficient (Wildman–Crippen LogP) is 3.72. The fourth-order valence-corrected chi connectivity index (χ4v) is 3.45. The lowest BCUT2D eigenvalue weighted by atomic mass is 10.1. The summed E-state index contributed by atoms with van der Waals surface area (Å²) in [5, 5.41) is 0.621. The standard InChI is InChI=1S/C18H20ClNO3S/c1-13(15-7-5-9-17(19)11-15)20(2)18(21)16-8-4-6-14(10-16)12-24(3,22)23/h4-11,13H,12H2,1-3H3. The van der Waals surface area contributed by atoms with Crippen molar-refractivity contribution in [1.29, 1.82) is 0 Å². The van der Waals surface area contributed by atoms with Crippen LogP contribution in [0.5, 0.6) is 0 Å². The Hall–Kier alpha value is -1.85. The number of halogens is 1. The summed E-state index contributed by atoms with van der Waals surface area (Å²) >= 11 is 6.01. The van der Waals surface area contributed by atoms with Crippen molar-refractivity contribution in [3.63, 3.8) is 0 Å². The number of nitrogens with zero attached hydrogens (tertiary/aromatic N) is 1.